The zero-order valence-corrected chi connectivity index (χ0v) is 16.8. The summed E-state index contributed by atoms with van der Waals surface area (Å²) in [5.41, 5.74) is 1.18. The van der Waals surface area contributed by atoms with Gasteiger partial charge in [-0.25, -0.2) is 4.98 Å². The second kappa shape index (κ2) is 7.90. The number of nitrogens with one attached hydrogen (secondary N) is 1. The van der Waals surface area contributed by atoms with E-state index in [4.69, 9.17) is 9.47 Å². The molecule has 4 heterocycles. The highest BCUT2D eigenvalue weighted by atomic mass is 16.5. The lowest BCUT2D eigenvalue weighted by molar-refractivity contribution is 0.0767. The number of pyridine rings is 1. The van der Waals surface area contributed by atoms with Crippen LogP contribution in [0.1, 0.15) is 50.5 Å². The zero-order valence-electron chi connectivity index (χ0n) is 16.8. The van der Waals surface area contributed by atoms with E-state index in [-0.39, 0.29) is 0 Å². The topological polar surface area (TPSA) is 59.0 Å². The lowest BCUT2D eigenvalue weighted by Crippen LogP contribution is -2.41. The van der Waals surface area contributed by atoms with E-state index in [1.54, 1.807) is 0 Å². The number of aliphatic imine (C=N–C) groups is 1. The number of nitrogens with zero attached hydrogens (tertiary/aromatic N) is 3. The summed E-state index contributed by atoms with van der Waals surface area (Å²) in [6.45, 7) is 2.88. The number of hydrogen-bond donors (Lipinski definition) is 1. The van der Waals surface area contributed by atoms with Gasteiger partial charge in [0.05, 0.1) is 12.2 Å². The molecule has 3 saturated heterocycles. The van der Waals surface area contributed by atoms with Crippen LogP contribution < -0.4 is 10.1 Å². The minimum absolute atomic E-state index is 0.332. The summed E-state index contributed by atoms with van der Waals surface area (Å²) in [5.74, 6) is 3.13. The molecule has 1 N–H and O–H groups in total. The maximum atomic E-state index is 6.12. The normalized spacial score (nSPS) is 32.6. The van der Waals surface area contributed by atoms with E-state index >= 15 is 0 Å². The Morgan fingerprint density at radius 2 is 1.93 bits per heavy atom. The summed E-state index contributed by atoms with van der Waals surface area (Å²) in [4.78, 5) is 11.4. The van der Waals surface area contributed by atoms with Crippen molar-refractivity contribution in [2.75, 3.05) is 20.1 Å². The molecule has 2 bridgehead atoms. The third-order valence-electron chi connectivity index (χ3n) is 7.05. The van der Waals surface area contributed by atoms with Crippen LogP contribution in [-0.2, 0) is 11.3 Å². The van der Waals surface area contributed by atoms with E-state index < -0.39 is 0 Å². The summed E-state index contributed by atoms with van der Waals surface area (Å²) < 4.78 is 12.2. The second-order valence-electron chi connectivity index (χ2n) is 8.80. The molecule has 28 heavy (non-hydrogen) atoms. The van der Waals surface area contributed by atoms with Gasteiger partial charge in [0, 0.05) is 50.8 Å². The summed E-state index contributed by atoms with van der Waals surface area (Å²) in [6.07, 6.45) is 11.8. The third-order valence-corrected chi connectivity index (χ3v) is 7.05. The molecule has 6 heteroatoms. The van der Waals surface area contributed by atoms with Crippen LogP contribution in [0.2, 0.25) is 0 Å². The smallest absolute Gasteiger partial charge is 0.213 e. The van der Waals surface area contributed by atoms with Gasteiger partial charge in [0.15, 0.2) is 5.96 Å². The summed E-state index contributed by atoms with van der Waals surface area (Å²) in [7, 11) is 1.88. The Kier molecular flexibility index (Phi) is 5.14. The molecule has 6 nitrogen and oxygen atoms in total. The maximum absolute atomic E-state index is 6.12. The first-order chi connectivity index (χ1) is 13.8. The SMILES string of the molecule is CN=C(NCc1ccnc(OC2CCCCC2)c1)N1CC2C3CCC(O3)C2C1. The Balaban J connectivity index is 1.17. The van der Waals surface area contributed by atoms with Gasteiger partial charge in [0.2, 0.25) is 5.88 Å². The average molecular weight is 385 g/mol. The quantitative estimate of drug-likeness (QED) is 0.639. The van der Waals surface area contributed by atoms with E-state index in [0.29, 0.717) is 30.1 Å². The molecular formula is C22H32N4O2. The van der Waals surface area contributed by atoms with Crippen molar-refractivity contribution in [1.82, 2.24) is 15.2 Å². The van der Waals surface area contributed by atoms with Crippen molar-refractivity contribution in [3.05, 3.63) is 23.9 Å². The molecule has 1 aliphatic carbocycles. The lowest BCUT2D eigenvalue weighted by Gasteiger charge is -2.24. The fraction of sp³-hybridized carbons (Fsp3) is 0.727. The molecule has 1 saturated carbocycles. The van der Waals surface area contributed by atoms with Crippen molar-refractivity contribution in [2.24, 2.45) is 16.8 Å². The average Bonchev–Trinajstić information content (AvgIpc) is 3.43. The number of rotatable bonds is 4. The van der Waals surface area contributed by atoms with Gasteiger partial charge in [-0.15, -0.1) is 0 Å². The van der Waals surface area contributed by atoms with Crippen LogP contribution in [0.15, 0.2) is 23.3 Å². The molecule has 3 aliphatic heterocycles. The molecular weight excluding hydrogens is 352 g/mol. The predicted octanol–water partition coefficient (Wildman–Crippen LogP) is 2.98. The number of likely N-dealkylation sites (tertiary alicyclic amines) is 1. The van der Waals surface area contributed by atoms with Crippen LogP contribution in [0.25, 0.3) is 0 Å². The Bertz CT molecular complexity index is 700. The first-order valence-electron chi connectivity index (χ1n) is 11.0. The van der Waals surface area contributed by atoms with Crippen molar-refractivity contribution >= 4 is 5.96 Å². The molecule has 1 aromatic heterocycles. The highest BCUT2D eigenvalue weighted by Crippen LogP contribution is 2.47. The minimum atomic E-state index is 0.332. The fourth-order valence-electron chi connectivity index (χ4n) is 5.62. The van der Waals surface area contributed by atoms with Crippen molar-refractivity contribution in [3.63, 3.8) is 0 Å². The van der Waals surface area contributed by atoms with Crippen LogP contribution in [0.5, 0.6) is 5.88 Å². The number of aromatic nitrogens is 1. The molecule has 5 rings (SSSR count). The van der Waals surface area contributed by atoms with Crippen LogP contribution in [0.4, 0.5) is 0 Å². The van der Waals surface area contributed by atoms with Crippen LogP contribution in [0.3, 0.4) is 0 Å². The summed E-state index contributed by atoms with van der Waals surface area (Å²) >= 11 is 0. The Hall–Kier alpha value is -1.82. The molecule has 4 unspecified atom stereocenters. The molecule has 1 aromatic rings. The van der Waals surface area contributed by atoms with E-state index in [9.17, 15) is 0 Å². The van der Waals surface area contributed by atoms with Crippen molar-refractivity contribution in [1.29, 1.82) is 0 Å². The van der Waals surface area contributed by atoms with Gasteiger partial charge in [0.1, 0.15) is 6.10 Å². The Morgan fingerprint density at radius 3 is 2.64 bits per heavy atom. The third kappa shape index (κ3) is 3.59. The zero-order chi connectivity index (χ0) is 18.9. The number of fused-ring (bicyclic) bond motifs is 5. The standard InChI is InChI=1S/C22H32N4O2/c1-23-22(26-13-17-18(14-26)20-8-7-19(17)28-20)25-12-15-9-10-24-21(11-15)27-16-5-3-2-4-6-16/h9-11,16-20H,2-8,12-14H2,1H3,(H,23,25). The first-order valence-corrected chi connectivity index (χ1v) is 11.0. The van der Waals surface area contributed by atoms with E-state index in [2.05, 4.69) is 32.3 Å². The van der Waals surface area contributed by atoms with Gasteiger partial charge in [-0.05, 0) is 50.2 Å². The molecule has 152 valence electrons. The van der Waals surface area contributed by atoms with Gasteiger partial charge in [-0.2, -0.15) is 0 Å². The molecule has 0 radical (unpaired) electrons. The van der Waals surface area contributed by atoms with Gasteiger partial charge in [0.25, 0.3) is 0 Å². The number of hydrogen-bond acceptors (Lipinski definition) is 4. The van der Waals surface area contributed by atoms with E-state index in [1.165, 1.54) is 37.7 Å². The van der Waals surface area contributed by atoms with Gasteiger partial charge >= 0.3 is 0 Å². The summed E-state index contributed by atoms with van der Waals surface area (Å²) in [5, 5.41) is 3.55. The lowest BCUT2D eigenvalue weighted by atomic mass is 9.82. The molecule has 0 aromatic carbocycles. The minimum Gasteiger partial charge on any atom is -0.474 e. The Labute approximate surface area is 167 Å². The van der Waals surface area contributed by atoms with Crippen LogP contribution in [0, 0.1) is 11.8 Å². The molecule has 4 fully saturated rings. The van der Waals surface area contributed by atoms with Crippen molar-refractivity contribution in [2.45, 2.75) is 69.8 Å². The number of guanidine groups is 1. The fourth-order valence-corrected chi connectivity index (χ4v) is 5.62. The first kappa shape index (κ1) is 18.2. The largest absolute Gasteiger partial charge is 0.474 e. The van der Waals surface area contributed by atoms with Gasteiger partial charge in [-0.1, -0.05) is 6.42 Å². The molecule has 4 atom stereocenters. The number of ether oxygens (including phenoxy) is 2. The van der Waals surface area contributed by atoms with Gasteiger partial charge in [-0.3, -0.25) is 4.99 Å². The predicted molar refractivity (Wildman–Crippen MR) is 108 cm³/mol. The highest BCUT2D eigenvalue weighted by molar-refractivity contribution is 5.80. The Morgan fingerprint density at radius 1 is 1.18 bits per heavy atom. The van der Waals surface area contributed by atoms with Crippen LogP contribution in [-0.4, -0.2) is 54.3 Å². The van der Waals surface area contributed by atoms with E-state index in [0.717, 1.165) is 44.3 Å². The van der Waals surface area contributed by atoms with Crippen LogP contribution >= 0.6 is 0 Å². The molecule has 4 aliphatic rings. The molecule has 0 spiro atoms. The maximum Gasteiger partial charge on any atom is 0.213 e. The monoisotopic (exact) mass is 384 g/mol. The van der Waals surface area contributed by atoms with E-state index in [1.807, 2.05) is 13.2 Å². The molecule has 0 amide bonds. The van der Waals surface area contributed by atoms with Gasteiger partial charge < -0.3 is 19.7 Å². The summed E-state index contributed by atoms with van der Waals surface area (Å²) in [6, 6.07) is 4.13. The van der Waals surface area contributed by atoms with Crippen molar-refractivity contribution in [3.8, 4) is 5.88 Å². The second-order valence-corrected chi connectivity index (χ2v) is 8.80. The van der Waals surface area contributed by atoms with Crippen molar-refractivity contribution < 1.29 is 9.47 Å². The highest BCUT2D eigenvalue weighted by Gasteiger charge is 2.53.